The number of rotatable bonds is 7. The molecular formula is C17H17NO5. The van der Waals surface area contributed by atoms with E-state index in [-0.39, 0.29) is 12.5 Å². The summed E-state index contributed by atoms with van der Waals surface area (Å²) >= 11 is 0. The van der Waals surface area contributed by atoms with E-state index >= 15 is 0 Å². The molecule has 2 aromatic rings. The third-order valence-corrected chi connectivity index (χ3v) is 3.07. The smallest absolute Gasteiger partial charge is 0.262 e. The molecule has 23 heavy (non-hydrogen) atoms. The number of benzene rings is 2. The predicted octanol–water partition coefficient (Wildman–Crippen LogP) is 2.53. The molecule has 0 heterocycles. The van der Waals surface area contributed by atoms with Crippen molar-refractivity contribution in [3.63, 3.8) is 0 Å². The summed E-state index contributed by atoms with van der Waals surface area (Å²) in [4.78, 5) is 22.6. The van der Waals surface area contributed by atoms with Crippen LogP contribution in [-0.4, -0.2) is 33.0 Å². The molecule has 0 spiro atoms. The average molecular weight is 315 g/mol. The van der Waals surface area contributed by atoms with Gasteiger partial charge in [0.1, 0.15) is 23.5 Å². The van der Waals surface area contributed by atoms with Crippen LogP contribution in [0.1, 0.15) is 10.4 Å². The van der Waals surface area contributed by atoms with E-state index in [1.54, 1.807) is 49.6 Å². The molecule has 0 aromatic heterocycles. The van der Waals surface area contributed by atoms with E-state index < -0.39 is 0 Å². The molecule has 0 saturated heterocycles. The first-order valence-electron chi connectivity index (χ1n) is 6.86. The minimum Gasteiger partial charge on any atom is -0.497 e. The maximum absolute atomic E-state index is 12.0. The Labute approximate surface area is 134 Å². The van der Waals surface area contributed by atoms with Gasteiger partial charge in [0.2, 0.25) is 0 Å². The number of carbonyl (C=O) groups is 2. The highest BCUT2D eigenvalue weighted by Crippen LogP contribution is 2.28. The lowest BCUT2D eigenvalue weighted by Gasteiger charge is -2.12. The van der Waals surface area contributed by atoms with Gasteiger partial charge in [-0.15, -0.1) is 0 Å². The molecule has 0 aliphatic rings. The minimum atomic E-state index is -0.337. The van der Waals surface area contributed by atoms with Gasteiger partial charge in [-0.05, 0) is 36.4 Å². The van der Waals surface area contributed by atoms with E-state index in [0.29, 0.717) is 28.5 Å². The summed E-state index contributed by atoms with van der Waals surface area (Å²) in [6.07, 6.45) is 0.742. The number of hydrogen-bond donors (Lipinski definition) is 1. The maximum atomic E-state index is 12.0. The van der Waals surface area contributed by atoms with Gasteiger partial charge >= 0.3 is 0 Å². The van der Waals surface area contributed by atoms with Crippen LogP contribution >= 0.6 is 0 Å². The van der Waals surface area contributed by atoms with Crippen LogP contribution in [0.15, 0.2) is 42.5 Å². The molecule has 1 amide bonds. The molecule has 2 aromatic carbocycles. The quantitative estimate of drug-likeness (QED) is 0.795. The van der Waals surface area contributed by atoms with Crippen molar-refractivity contribution < 1.29 is 23.8 Å². The number of nitrogens with one attached hydrogen (secondary N) is 1. The Morgan fingerprint density at radius 3 is 2.35 bits per heavy atom. The molecule has 0 aliphatic carbocycles. The highest BCUT2D eigenvalue weighted by Gasteiger charge is 2.10. The van der Waals surface area contributed by atoms with Crippen LogP contribution in [0.3, 0.4) is 0 Å². The van der Waals surface area contributed by atoms with Crippen LogP contribution in [0.5, 0.6) is 17.2 Å². The molecule has 0 saturated carbocycles. The summed E-state index contributed by atoms with van der Waals surface area (Å²) in [5.41, 5.74) is 1.04. The summed E-state index contributed by atoms with van der Waals surface area (Å²) in [5.74, 6) is 1.29. The second kappa shape index (κ2) is 7.84. The van der Waals surface area contributed by atoms with Crippen molar-refractivity contribution in [3.8, 4) is 17.2 Å². The zero-order valence-electron chi connectivity index (χ0n) is 12.9. The predicted molar refractivity (Wildman–Crippen MR) is 85.5 cm³/mol. The Balaban J connectivity index is 1.97. The van der Waals surface area contributed by atoms with Crippen LogP contribution in [0, 0.1) is 0 Å². The molecule has 0 unspecified atom stereocenters. The Hall–Kier alpha value is -3.02. The number of methoxy groups -OCH3 is 2. The number of aldehydes is 1. The van der Waals surface area contributed by atoms with E-state index in [9.17, 15) is 9.59 Å². The van der Waals surface area contributed by atoms with Crippen molar-refractivity contribution in [2.45, 2.75) is 0 Å². The van der Waals surface area contributed by atoms with Crippen molar-refractivity contribution in [2.24, 2.45) is 0 Å². The standard InChI is InChI=1S/C17H17NO5/c1-21-14-7-8-16(22-2)15(9-14)18-17(20)11-23-13-5-3-12(10-19)4-6-13/h3-10H,11H2,1-2H3,(H,18,20). The van der Waals surface area contributed by atoms with Gasteiger partial charge in [0.25, 0.3) is 5.91 Å². The fourth-order valence-corrected chi connectivity index (χ4v) is 1.89. The first kappa shape index (κ1) is 16.4. The van der Waals surface area contributed by atoms with Crippen LogP contribution in [0.4, 0.5) is 5.69 Å². The van der Waals surface area contributed by atoms with Gasteiger partial charge in [0, 0.05) is 11.6 Å². The SMILES string of the molecule is COc1ccc(OC)c(NC(=O)COc2ccc(C=O)cc2)c1. The third-order valence-electron chi connectivity index (χ3n) is 3.07. The first-order valence-corrected chi connectivity index (χ1v) is 6.86. The molecule has 6 heteroatoms. The van der Waals surface area contributed by atoms with E-state index in [4.69, 9.17) is 14.2 Å². The topological polar surface area (TPSA) is 73.9 Å². The lowest BCUT2D eigenvalue weighted by Crippen LogP contribution is -2.20. The number of ether oxygens (including phenoxy) is 3. The minimum absolute atomic E-state index is 0.166. The highest BCUT2D eigenvalue weighted by atomic mass is 16.5. The number of hydrogen-bond acceptors (Lipinski definition) is 5. The Bertz CT molecular complexity index is 682. The molecule has 1 N–H and O–H groups in total. The summed E-state index contributed by atoms with van der Waals surface area (Å²) < 4.78 is 15.7. The third kappa shape index (κ3) is 4.47. The zero-order valence-corrected chi connectivity index (χ0v) is 12.9. The molecule has 0 fully saturated rings. The second-order valence-corrected chi connectivity index (χ2v) is 4.59. The Morgan fingerprint density at radius 2 is 1.74 bits per heavy atom. The normalized spacial score (nSPS) is 9.83. The highest BCUT2D eigenvalue weighted by molar-refractivity contribution is 5.93. The molecule has 0 bridgehead atoms. The molecule has 120 valence electrons. The summed E-state index contributed by atoms with van der Waals surface area (Å²) in [7, 11) is 3.06. The number of carbonyl (C=O) groups excluding carboxylic acids is 2. The largest absolute Gasteiger partial charge is 0.497 e. The molecule has 0 atom stereocenters. The molecular weight excluding hydrogens is 298 g/mol. The first-order chi connectivity index (χ1) is 11.2. The van der Waals surface area contributed by atoms with Gasteiger partial charge in [0.05, 0.1) is 19.9 Å². The van der Waals surface area contributed by atoms with Gasteiger partial charge in [-0.2, -0.15) is 0 Å². The number of anilines is 1. The number of amides is 1. The van der Waals surface area contributed by atoms with Gasteiger partial charge in [-0.25, -0.2) is 0 Å². The van der Waals surface area contributed by atoms with Crippen LogP contribution < -0.4 is 19.5 Å². The van der Waals surface area contributed by atoms with Crippen LogP contribution in [-0.2, 0) is 4.79 Å². The Morgan fingerprint density at radius 1 is 1.04 bits per heavy atom. The zero-order chi connectivity index (χ0) is 16.7. The van der Waals surface area contributed by atoms with Gasteiger partial charge in [-0.1, -0.05) is 0 Å². The summed E-state index contributed by atoms with van der Waals surface area (Å²) in [6.45, 7) is -0.166. The summed E-state index contributed by atoms with van der Waals surface area (Å²) in [6, 6.07) is 11.6. The van der Waals surface area contributed by atoms with E-state index in [1.165, 1.54) is 7.11 Å². The van der Waals surface area contributed by atoms with Crippen LogP contribution in [0.2, 0.25) is 0 Å². The van der Waals surface area contributed by atoms with E-state index in [2.05, 4.69) is 5.32 Å². The molecule has 0 radical (unpaired) electrons. The van der Waals surface area contributed by atoms with Gasteiger partial charge < -0.3 is 19.5 Å². The lowest BCUT2D eigenvalue weighted by molar-refractivity contribution is -0.118. The summed E-state index contributed by atoms with van der Waals surface area (Å²) in [5, 5.41) is 2.70. The fraction of sp³-hybridized carbons (Fsp3) is 0.176. The van der Waals surface area contributed by atoms with E-state index in [0.717, 1.165) is 6.29 Å². The Kier molecular flexibility index (Phi) is 5.57. The van der Waals surface area contributed by atoms with Crippen molar-refractivity contribution in [1.29, 1.82) is 0 Å². The molecule has 0 aliphatic heterocycles. The molecule has 6 nitrogen and oxygen atoms in total. The maximum Gasteiger partial charge on any atom is 0.262 e. The van der Waals surface area contributed by atoms with E-state index in [1.807, 2.05) is 0 Å². The lowest BCUT2D eigenvalue weighted by atomic mass is 10.2. The van der Waals surface area contributed by atoms with Crippen molar-refractivity contribution in [1.82, 2.24) is 0 Å². The fourth-order valence-electron chi connectivity index (χ4n) is 1.89. The molecule has 2 rings (SSSR count). The average Bonchev–Trinajstić information content (AvgIpc) is 2.60. The van der Waals surface area contributed by atoms with Crippen molar-refractivity contribution >= 4 is 17.9 Å². The van der Waals surface area contributed by atoms with Crippen LogP contribution in [0.25, 0.3) is 0 Å². The van der Waals surface area contributed by atoms with Gasteiger partial charge in [0.15, 0.2) is 6.61 Å². The van der Waals surface area contributed by atoms with Gasteiger partial charge in [-0.3, -0.25) is 9.59 Å². The second-order valence-electron chi connectivity index (χ2n) is 4.59. The van der Waals surface area contributed by atoms with Crippen molar-refractivity contribution in [2.75, 3.05) is 26.1 Å². The monoisotopic (exact) mass is 315 g/mol. The van der Waals surface area contributed by atoms with Crippen molar-refractivity contribution in [3.05, 3.63) is 48.0 Å².